The van der Waals surface area contributed by atoms with Crippen LogP contribution in [0, 0.1) is 6.92 Å². The fraction of sp³-hybridized carbons (Fsp3) is 0.235. The van der Waals surface area contributed by atoms with E-state index in [0.29, 0.717) is 38.0 Å². The van der Waals surface area contributed by atoms with E-state index in [4.69, 9.17) is 14.2 Å². The average Bonchev–Trinajstić information content (AvgIpc) is 3.29. The summed E-state index contributed by atoms with van der Waals surface area (Å²) in [6.45, 7) is 1.80. The fourth-order valence-electron chi connectivity index (χ4n) is 2.37. The summed E-state index contributed by atoms with van der Waals surface area (Å²) < 4.78 is 16.1. The Hall–Kier alpha value is -2.65. The van der Waals surface area contributed by atoms with Crippen molar-refractivity contribution in [3.63, 3.8) is 0 Å². The first kappa shape index (κ1) is 18.2. The molecule has 0 saturated carbocycles. The van der Waals surface area contributed by atoms with Gasteiger partial charge in [-0.1, -0.05) is 0 Å². The van der Waals surface area contributed by atoms with Crippen molar-refractivity contribution in [3.8, 4) is 27.8 Å². The number of rotatable bonds is 6. The molecule has 0 radical (unpaired) electrons. The van der Waals surface area contributed by atoms with Gasteiger partial charge in [0, 0.05) is 17.1 Å². The average molecular weight is 391 g/mol. The minimum absolute atomic E-state index is 0.228. The molecule has 9 heteroatoms. The lowest BCUT2D eigenvalue weighted by atomic mass is 10.2. The van der Waals surface area contributed by atoms with Crippen molar-refractivity contribution in [2.45, 2.75) is 6.92 Å². The zero-order valence-corrected chi connectivity index (χ0v) is 16.3. The minimum Gasteiger partial charge on any atom is -0.493 e. The third-order valence-corrected chi connectivity index (χ3v) is 5.46. The maximum atomic E-state index is 12.5. The van der Waals surface area contributed by atoms with Gasteiger partial charge in [0.15, 0.2) is 16.6 Å². The monoisotopic (exact) mass is 391 g/mol. The zero-order chi connectivity index (χ0) is 18.7. The number of carbonyl (C=O) groups is 1. The van der Waals surface area contributed by atoms with Gasteiger partial charge in [0.1, 0.15) is 9.88 Å². The van der Waals surface area contributed by atoms with Crippen molar-refractivity contribution < 1.29 is 19.0 Å². The van der Waals surface area contributed by atoms with Gasteiger partial charge in [0.25, 0.3) is 5.91 Å². The van der Waals surface area contributed by atoms with Crippen molar-refractivity contribution in [3.05, 3.63) is 34.3 Å². The highest BCUT2D eigenvalue weighted by Crippen LogP contribution is 2.42. The lowest BCUT2D eigenvalue weighted by Gasteiger charge is -2.13. The Bertz CT molecular complexity index is 897. The molecule has 3 rings (SSSR count). The first-order chi connectivity index (χ1) is 12.6. The molecule has 1 N–H and O–H groups in total. The second-order valence-electron chi connectivity index (χ2n) is 5.14. The van der Waals surface area contributed by atoms with Crippen LogP contribution in [0.5, 0.6) is 17.2 Å². The molecule has 0 atom stereocenters. The van der Waals surface area contributed by atoms with E-state index in [0.717, 1.165) is 5.56 Å². The van der Waals surface area contributed by atoms with Crippen molar-refractivity contribution in [1.29, 1.82) is 0 Å². The van der Waals surface area contributed by atoms with Crippen LogP contribution in [0.3, 0.4) is 0 Å². The molecule has 0 fully saturated rings. The van der Waals surface area contributed by atoms with Gasteiger partial charge in [-0.15, -0.1) is 22.7 Å². The first-order valence-electron chi connectivity index (χ1n) is 7.56. The first-order valence-corrected chi connectivity index (χ1v) is 9.25. The summed E-state index contributed by atoms with van der Waals surface area (Å²) in [7, 11) is 4.66. The molecular formula is C17H17N3O4S2. The summed E-state index contributed by atoms with van der Waals surface area (Å²) >= 11 is 2.66. The second-order valence-corrected chi connectivity index (χ2v) is 7.03. The highest BCUT2D eigenvalue weighted by Gasteiger charge is 2.20. The molecule has 2 aromatic heterocycles. The van der Waals surface area contributed by atoms with Gasteiger partial charge < -0.3 is 14.2 Å². The molecular weight excluding hydrogens is 374 g/mol. The number of ether oxygens (including phenoxy) is 3. The van der Waals surface area contributed by atoms with E-state index >= 15 is 0 Å². The van der Waals surface area contributed by atoms with Gasteiger partial charge in [-0.05, 0) is 19.1 Å². The summed E-state index contributed by atoms with van der Waals surface area (Å²) in [5.74, 6) is 1.34. The van der Waals surface area contributed by atoms with Crippen LogP contribution in [0.4, 0.5) is 5.13 Å². The van der Waals surface area contributed by atoms with Crippen molar-refractivity contribution in [2.24, 2.45) is 0 Å². The molecule has 1 amide bonds. The van der Waals surface area contributed by atoms with Crippen LogP contribution in [0.25, 0.3) is 10.6 Å². The highest BCUT2D eigenvalue weighted by molar-refractivity contribution is 7.17. The van der Waals surface area contributed by atoms with E-state index in [9.17, 15) is 4.79 Å². The van der Waals surface area contributed by atoms with Crippen LogP contribution < -0.4 is 19.5 Å². The van der Waals surface area contributed by atoms with Crippen LogP contribution in [-0.2, 0) is 0 Å². The maximum absolute atomic E-state index is 12.5. The predicted molar refractivity (Wildman–Crippen MR) is 102 cm³/mol. The largest absolute Gasteiger partial charge is 0.493 e. The lowest BCUT2D eigenvalue weighted by Crippen LogP contribution is -2.11. The highest BCUT2D eigenvalue weighted by atomic mass is 32.1. The summed E-state index contributed by atoms with van der Waals surface area (Å²) in [5.41, 5.74) is 1.42. The summed E-state index contributed by atoms with van der Waals surface area (Å²) in [4.78, 5) is 21.6. The molecule has 3 aromatic rings. The van der Waals surface area contributed by atoms with Crippen LogP contribution in [0.1, 0.15) is 15.4 Å². The number of anilines is 1. The summed E-state index contributed by atoms with van der Waals surface area (Å²) in [6, 6.07) is 3.62. The molecule has 0 spiro atoms. The molecule has 0 aliphatic heterocycles. The molecule has 7 nitrogen and oxygen atoms in total. The maximum Gasteiger partial charge on any atom is 0.269 e. The Morgan fingerprint density at radius 1 is 1.12 bits per heavy atom. The van der Waals surface area contributed by atoms with E-state index in [2.05, 4.69) is 15.3 Å². The van der Waals surface area contributed by atoms with Crippen molar-refractivity contribution >= 4 is 33.7 Å². The number of nitrogens with one attached hydrogen (secondary N) is 1. The van der Waals surface area contributed by atoms with Crippen molar-refractivity contribution in [2.75, 3.05) is 26.6 Å². The van der Waals surface area contributed by atoms with Gasteiger partial charge in [-0.3, -0.25) is 10.1 Å². The standard InChI is InChI=1S/C17H17N3O4S2/c1-9-14(15(21)20-17-18-5-6-25-17)26-16(19-9)10-7-11(22-2)13(24-4)12(8-10)23-3/h5-8H,1-4H3,(H,18,20,21). The Labute approximate surface area is 158 Å². The molecule has 2 heterocycles. The summed E-state index contributed by atoms with van der Waals surface area (Å²) in [5, 5.41) is 5.82. The van der Waals surface area contributed by atoms with Gasteiger partial charge in [-0.25, -0.2) is 9.97 Å². The molecule has 0 unspecified atom stereocenters. The van der Waals surface area contributed by atoms with E-state index in [1.54, 1.807) is 39.8 Å². The molecule has 0 bridgehead atoms. The number of nitrogens with zero attached hydrogens (tertiary/aromatic N) is 2. The predicted octanol–water partition coefficient (Wildman–Crippen LogP) is 3.85. The Morgan fingerprint density at radius 3 is 2.35 bits per heavy atom. The molecule has 0 saturated heterocycles. The normalized spacial score (nSPS) is 10.5. The van der Waals surface area contributed by atoms with Crippen LogP contribution in [-0.4, -0.2) is 37.2 Å². The number of thiazole rings is 2. The van der Waals surface area contributed by atoms with E-state index < -0.39 is 0 Å². The van der Waals surface area contributed by atoms with E-state index in [1.807, 2.05) is 12.1 Å². The minimum atomic E-state index is -0.228. The Kier molecular flexibility index (Phi) is 5.38. The van der Waals surface area contributed by atoms with Gasteiger partial charge in [0.2, 0.25) is 5.75 Å². The second kappa shape index (κ2) is 7.71. The number of carbonyl (C=O) groups excluding carboxylic acids is 1. The van der Waals surface area contributed by atoms with Crippen LogP contribution in [0.15, 0.2) is 23.7 Å². The molecule has 136 valence electrons. The fourth-order valence-corrected chi connectivity index (χ4v) is 3.85. The van der Waals surface area contributed by atoms with Crippen LogP contribution in [0.2, 0.25) is 0 Å². The third kappa shape index (κ3) is 3.49. The molecule has 1 aromatic carbocycles. The SMILES string of the molecule is COc1cc(-c2nc(C)c(C(=O)Nc3nccs3)s2)cc(OC)c1OC. The zero-order valence-electron chi connectivity index (χ0n) is 14.7. The number of hydrogen-bond donors (Lipinski definition) is 1. The summed E-state index contributed by atoms with van der Waals surface area (Å²) in [6.07, 6.45) is 1.64. The van der Waals surface area contributed by atoms with E-state index in [1.165, 1.54) is 22.7 Å². The number of benzene rings is 1. The Balaban J connectivity index is 1.97. The lowest BCUT2D eigenvalue weighted by molar-refractivity contribution is 0.103. The number of aromatic nitrogens is 2. The van der Waals surface area contributed by atoms with Gasteiger partial charge >= 0.3 is 0 Å². The third-order valence-electron chi connectivity index (χ3n) is 3.57. The quantitative estimate of drug-likeness (QED) is 0.687. The van der Waals surface area contributed by atoms with Gasteiger partial charge in [0.05, 0.1) is 27.0 Å². The molecule has 0 aliphatic carbocycles. The molecule has 0 aliphatic rings. The number of hydrogen-bond acceptors (Lipinski definition) is 8. The number of amides is 1. The number of methoxy groups -OCH3 is 3. The smallest absolute Gasteiger partial charge is 0.269 e. The topological polar surface area (TPSA) is 82.6 Å². The van der Waals surface area contributed by atoms with Crippen LogP contribution >= 0.6 is 22.7 Å². The van der Waals surface area contributed by atoms with Gasteiger partial charge in [-0.2, -0.15) is 0 Å². The van der Waals surface area contributed by atoms with E-state index in [-0.39, 0.29) is 5.91 Å². The van der Waals surface area contributed by atoms with Crippen molar-refractivity contribution in [1.82, 2.24) is 9.97 Å². The molecule has 26 heavy (non-hydrogen) atoms. The number of aryl methyl sites for hydroxylation is 1. The Morgan fingerprint density at radius 2 is 1.81 bits per heavy atom.